The molecule has 140 valence electrons. The Bertz CT molecular complexity index is 689. The maximum absolute atomic E-state index is 12.6. The Morgan fingerprint density at radius 3 is 2.69 bits per heavy atom. The molecule has 26 heavy (non-hydrogen) atoms. The number of aliphatic hydroxyl groups is 1. The van der Waals surface area contributed by atoms with Crippen molar-refractivity contribution < 1.29 is 9.90 Å². The number of β-amino-alcohol motifs (C(OH)–C–C–N with tert-alkyl or cyclic N) is 1. The summed E-state index contributed by atoms with van der Waals surface area (Å²) in [6, 6.07) is 14.2. The molecule has 1 fully saturated rings. The van der Waals surface area contributed by atoms with Crippen LogP contribution in [0, 0.1) is 5.92 Å². The Balaban J connectivity index is 1.67. The molecule has 2 aromatic rings. The average molecular weight is 373 g/mol. The molecule has 5 heteroatoms. The summed E-state index contributed by atoms with van der Waals surface area (Å²) in [5, 5.41) is 12.4. The van der Waals surface area contributed by atoms with E-state index in [4.69, 9.17) is 0 Å². The number of piperidine rings is 1. The van der Waals surface area contributed by atoms with Crippen LogP contribution in [0.25, 0.3) is 0 Å². The highest BCUT2D eigenvalue weighted by Gasteiger charge is 2.34. The first kappa shape index (κ1) is 19.1. The number of thiophene rings is 1. The second-order valence-electron chi connectivity index (χ2n) is 7.08. The van der Waals surface area contributed by atoms with Gasteiger partial charge in [-0.3, -0.25) is 9.69 Å². The number of rotatable bonds is 6. The second-order valence-corrected chi connectivity index (χ2v) is 8.06. The third-order valence-electron chi connectivity index (χ3n) is 5.18. The van der Waals surface area contributed by atoms with Gasteiger partial charge in [0.1, 0.15) is 6.10 Å². The van der Waals surface area contributed by atoms with Crippen LogP contribution in [0.1, 0.15) is 37.7 Å². The molecule has 1 amide bonds. The number of hydrogen-bond acceptors (Lipinski definition) is 4. The first-order valence-electron chi connectivity index (χ1n) is 9.41. The second kappa shape index (κ2) is 8.80. The van der Waals surface area contributed by atoms with Gasteiger partial charge in [-0.15, -0.1) is 11.3 Å². The molecule has 3 unspecified atom stereocenters. The number of aliphatic hydroxyl groups excluding tert-OH is 1. The summed E-state index contributed by atoms with van der Waals surface area (Å²) in [5.41, 5.74) is 0.989. The fourth-order valence-electron chi connectivity index (χ4n) is 3.86. The highest BCUT2D eigenvalue weighted by Crippen LogP contribution is 2.29. The maximum Gasteiger partial charge on any atom is 0.226 e. The third-order valence-corrected chi connectivity index (χ3v) is 6.16. The summed E-state index contributed by atoms with van der Waals surface area (Å²) in [6.07, 6.45) is 1.01. The lowest BCUT2D eigenvalue weighted by Gasteiger charge is -2.43. The Morgan fingerprint density at radius 2 is 2.08 bits per heavy atom. The molecule has 0 radical (unpaired) electrons. The fraction of sp³-hybridized carbons (Fsp3) is 0.476. The predicted octanol–water partition coefficient (Wildman–Crippen LogP) is 3.94. The van der Waals surface area contributed by atoms with E-state index in [1.807, 2.05) is 59.7 Å². The van der Waals surface area contributed by atoms with E-state index in [2.05, 4.69) is 11.8 Å². The highest BCUT2D eigenvalue weighted by atomic mass is 32.1. The molecule has 2 heterocycles. The quantitative estimate of drug-likeness (QED) is 0.835. The van der Waals surface area contributed by atoms with E-state index in [1.165, 1.54) is 0 Å². The lowest BCUT2D eigenvalue weighted by Crippen LogP contribution is -2.52. The third kappa shape index (κ3) is 4.34. The van der Waals surface area contributed by atoms with Gasteiger partial charge in [0.05, 0.1) is 0 Å². The van der Waals surface area contributed by atoms with E-state index in [0.717, 1.165) is 30.1 Å². The molecule has 4 nitrogen and oxygen atoms in total. The largest absolute Gasteiger partial charge is 0.386 e. The van der Waals surface area contributed by atoms with E-state index in [0.29, 0.717) is 18.9 Å². The molecule has 0 bridgehead atoms. The van der Waals surface area contributed by atoms with E-state index in [9.17, 15) is 9.90 Å². The highest BCUT2D eigenvalue weighted by molar-refractivity contribution is 7.10. The van der Waals surface area contributed by atoms with Crippen molar-refractivity contribution in [3.63, 3.8) is 0 Å². The van der Waals surface area contributed by atoms with E-state index in [-0.39, 0.29) is 11.9 Å². The van der Waals surface area contributed by atoms with Gasteiger partial charge in [0.15, 0.2) is 0 Å². The molecular weight excluding hydrogens is 344 g/mol. The Hall–Kier alpha value is -1.69. The lowest BCUT2D eigenvalue weighted by atomic mass is 9.91. The summed E-state index contributed by atoms with van der Waals surface area (Å²) in [4.78, 5) is 18.0. The van der Waals surface area contributed by atoms with Gasteiger partial charge < -0.3 is 10.0 Å². The monoisotopic (exact) mass is 372 g/mol. The maximum atomic E-state index is 12.6. The molecule has 0 aliphatic carbocycles. The van der Waals surface area contributed by atoms with Gasteiger partial charge in [0, 0.05) is 42.7 Å². The van der Waals surface area contributed by atoms with E-state index < -0.39 is 6.10 Å². The SMILES string of the molecule is CCC(=O)N(c1ccccc1)C1CCN(CC(O)c2cccs2)CC1C. The van der Waals surface area contributed by atoms with Crippen molar-refractivity contribution in [2.24, 2.45) is 5.92 Å². The number of nitrogens with zero attached hydrogens (tertiary/aromatic N) is 2. The van der Waals surface area contributed by atoms with Crippen molar-refractivity contribution in [3.05, 3.63) is 52.7 Å². The number of benzene rings is 1. The van der Waals surface area contributed by atoms with Crippen molar-refractivity contribution in [1.82, 2.24) is 4.90 Å². The zero-order chi connectivity index (χ0) is 18.5. The van der Waals surface area contributed by atoms with Gasteiger partial charge in [-0.1, -0.05) is 38.1 Å². The molecule has 0 saturated carbocycles. The summed E-state index contributed by atoms with van der Waals surface area (Å²) in [5.74, 6) is 0.537. The van der Waals surface area contributed by atoms with Gasteiger partial charge in [-0.05, 0) is 35.9 Å². The van der Waals surface area contributed by atoms with Gasteiger partial charge in [0.25, 0.3) is 0 Å². The number of carbonyl (C=O) groups is 1. The fourth-order valence-corrected chi connectivity index (χ4v) is 4.57. The molecule has 1 aromatic carbocycles. The topological polar surface area (TPSA) is 43.8 Å². The minimum atomic E-state index is -0.429. The van der Waals surface area contributed by atoms with E-state index in [1.54, 1.807) is 11.3 Å². The van der Waals surface area contributed by atoms with Gasteiger partial charge in [-0.2, -0.15) is 0 Å². The minimum absolute atomic E-state index is 0.181. The Morgan fingerprint density at radius 1 is 1.31 bits per heavy atom. The summed E-state index contributed by atoms with van der Waals surface area (Å²) < 4.78 is 0. The molecule has 1 aliphatic heterocycles. The molecule has 1 aliphatic rings. The lowest BCUT2D eigenvalue weighted by molar-refractivity contribution is -0.119. The first-order chi connectivity index (χ1) is 12.6. The van der Waals surface area contributed by atoms with Crippen molar-refractivity contribution in [1.29, 1.82) is 0 Å². The van der Waals surface area contributed by atoms with Crippen molar-refractivity contribution >= 4 is 22.9 Å². The van der Waals surface area contributed by atoms with Crippen LogP contribution in [0.4, 0.5) is 5.69 Å². The van der Waals surface area contributed by atoms with Crippen molar-refractivity contribution in [3.8, 4) is 0 Å². The van der Waals surface area contributed by atoms with Crippen molar-refractivity contribution in [2.45, 2.75) is 38.8 Å². The average Bonchev–Trinajstić information content (AvgIpc) is 3.19. The first-order valence-corrected chi connectivity index (χ1v) is 10.3. The van der Waals surface area contributed by atoms with Crippen LogP contribution >= 0.6 is 11.3 Å². The zero-order valence-corrected chi connectivity index (χ0v) is 16.4. The van der Waals surface area contributed by atoms with Crippen LogP contribution in [0.5, 0.6) is 0 Å². The number of hydrogen-bond donors (Lipinski definition) is 1. The Kier molecular flexibility index (Phi) is 6.46. The molecular formula is C21H28N2O2S. The normalized spacial score (nSPS) is 22.1. The van der Waals surface area contributed by atoms with Gasteiger partial charge in [-0.25, -0.2) is 0 Å². The van der Waals surface area contributed by atoms with Crippen LogP contribution < -0.4 is 4.90 Å². The summed E-state index contributed by atoms with van der Waals surface area (Å²) in [7, 11) is 0. The number of para-hydroxylation sites is 1. The van der Waals surface area contributed by atoms with Crippen LogP contribution in [0.3, 0.4) is 0 Å². The Labute approximate surface area is 160 Å². The molecule has 1 aromatic heterocycles. The molecule has 3 rings (SSSR count). The molecule has 3 atom stereocenters. The molecule has 0 spiro atoms. The van der Waals surface area contributed by atoms with Crippen LogP contribution in [0.15, 0.2) is 47.8 Å². The van der Waals surface area contributed by atoms with Crippen LogP contribution in [0.2, 0.25) is 0 Å². The van der Waals surface area contributed by atoms with Crippen LogP contribution in [-0.4, -0.2) is 41.6 Å². The summed E-state index contributed by atoms with van der Waals surface area (Å²) >= 11 is 1.60. The van der Waals surface area contributed by atoms with Gasteiger partial charge in [0.2, 0.25) is 5.91 Å². The molecule has 1 N–H and O–H groups in total. The number of likely N-dealkylation sites (tertiary alicyclic amines) is 1. The number of anilines is 1. The van der Waals surface area contributed by atoms with Crippen molar-refractivity contribution in [2.75, 3.05) is 24.5 Å². The van der Waals surface area contributed by atoms with E-state index >= 15 is 0 Å². The smallest absolute Gasteiger partial charge is 0.226 e. The number of amides is 1. The molecule has 1 saturated heterocycles. The van der Waals surface area contributed by atoms with Crippen LogP contribution in [-0.2, 0) is 4.79 Å². The zero-order valence-electron chi connectivity index (χ0n) is 15.5. The summed E-state index contributed by atoms with van der Waals surface area (Å²) in [6.45, 7) is 6.60. The minimum Gasteiger partial charge on any atom is -0.386 e. The van der Waals surface area contributed by atoms with Gasteiger partial charge >= 0.3 is 0 Å². The predicted molar refractivity (Wildman–Crippen MR) is 108 cm³/mol. The standard InChI is InChI=1S/C21H28N2O2S/c1-3-21(25)23(17-8-5-4-6-9-17)18-11-12-22(14-16(18)2)15-19(24)20-10-7-13-26-20/h4-10,13,16,18-19,24H,3,11-12,14-15H2,1-2H3. The number of carbonyl (C=O) groups excluding carboxylic acids is 1.